The molecule has 2 aromatic heterocycles. The highest BCUT2D eigenvalue weighted by atomic mass is 16.3. The monoisotopic (exact) mass is 316 g/mol. The number of nitrogens with zero attached hydrogens (tertiary/aromatic N) is 1. The molecule has 1 aliphatic rings. The first-order valence-corrected chi connectivity index (χ1v) is 7.94. The molecule has 0 aromatic carbocycles. The maximum atomic E-state index is 12.5. The van der Waals surface area contributed by atoms with Crippen molar-refractivity contribution in [3.63, 3.8) is 0 Å². The third kappa shape index (κ3) is 3.64. The zero-order chi connectivity index (χ0) is 16.7. The van der Waals surface area contributed by atoms with E-state index in [1.54, 1.807) is 18.4 Å². The van der Waals surface area contributed by atoms with Crippen LogP contribution in [0.15, 0.2) is 28.9 Å². The minimum absolute atomic E-state index is 0.00933. The number of furan rings is 1. The van der Waals surface area contributed by atoms with E-state index in [1.807, 2.05) is 6.07 Å². The molecule has 23 heavy (non-hydrogen) atoms. The number of rotatable bonds is 3. The van der Waals surface area contributed by atoms with E-state index in [1.165, 1.54) is 0 Å². The van der Waals surface area contributed by atoms with E-state index in [2.05, 4.69) is 48.5 Å². The summed E-state index contributed by atoms with van der Waals surface area (Å²) in [6, 6.07) is 5.46. The Morgan fingerprint density at radius 1 is 1.30 bits per heavy atom. The average Bonchev–Trinajstić information content (AvgIpc) is 3.06. The number of piperidine rings is 1. The molecule has 1 amide bonds. The lowest BCUT2D eigenvalue weighted by molar-refractivity contribution is 0.0868. The minimum Gasteiger partial charge on any atom is -0.463 e. The Kier molecular flexibility index (Phi) is 3.80. The van der Waals surface area contributed by atoms with E-state index < -0.39 is 0 Å². The predicted molar refractivity (Wildman–Crippen MR) is 88.1 cm³/mol. The fraction of sp³-hybridized carbons (Fsp3) is 0.529. The minimum atomic E-state index is -0.155. The molecule has 0 saturated carbocycles. The van der Waals surface area contributed by atoms with Crippen molar-refractivity contribution >= 4 is 5.91 Å². The molecule has 3 N–H and O–H groups in total. The SMILES string of the molecule is CC1(C)CC(NC(=O)c2cc(-c3ccco3)[nH]n2)CC(C)(C)N1. The first-order chi connectivity index (χ1) is 10.7. The number of carbonyl (C=O) groups excluding carboxylic acids is 1. The van der Waals surface area contributed by atoms with Gasteiger partial charge in [-0.2, -0.15) is 5.10 Å². The first kappa shape index (κ1) is 15.8. The number of aromatic amines is 1. The number of hydrogen-bond acceptors (Lipinski definition) is 4. The van der Waals surface area contributed by atoms with Crippen LogP contribution in [-0.4, -0.2) is 33.2 Å². The van der Waals surface area contributed by atoms with Gasteiger partial charge in [-0.05, 0) is 52.7 Å². The Labute approximate surface area is 136 Å². The van der Waals surface area contributed by atoms with Crippen LogP contribution in [0.5, 0.6) is 0 Å². The highest BCUT2D eigenvalue weighted by Crippen LogP contribution is 2.28. The van der Waals surface area contributed by atoms with Gasteiger partial charge in [0.1, 0.15) is 5.69 Å². The lowest BCUT2D eigenvalue weighted by Gasteiger charge is -2.46. The fourth-order valence-corrected chi connectivity index (χ4v) is 3.68. The molecule has 124 valence electrons. The molecule has 1 saturated heterocycles. The molecule has 0 radical (unpaired) electrons. The molecular weight excluding hydrogens is 292 g/mol. The van der Waals surface area contributed by atoms with Gasteiger partial charge in [0.15, 0.2) is 11.5 Å². The zero-order valence-corrected chi connectivity index (χ0v) is 14.1. The molecule has 0 atom stereocenters. The summed E-state index contributed by atoms with van der Waals surface area (Å²) in [6.07, 6.45) is 3.37. The molecule has 0 unspecified atom stereocenters. The Balaban J connectivity index is 1.69. The van der Waals surface area contributed by atoms with Gasteiger partial charge < -0.3 is 15.1 Å². The van der Waals surface area contributed by atoms with Crippen LogP contribution < -0.4 is 10.6 Å². The maximum Gasteiger partial charge on any atom is 0.272 e. The molecule has 0 bridgehead atoms. The molecule has 3 rings (SSSR count). The van der Waals surface area contributed by atoms with Crippen LogP contribution in [0.4, 0.5) is 0 Å². The van der Waals surface area contributed by atoms with Crippen molar-refractivity contribution in [3.05, 3.63) is 30.2 Å². The highest BCUT2D eigenvalue weighted by Gasteiger charge is 2.38. The number of aromatic nitrogens is 2. The van der Waals surface area contributed by atoms with Gasteiger partial charge in [0, 0.05) is 23.2 Å². The lowest BCUT2D eigenvalue weighted by atomic mass is 9.79. The van der Waals surface area contributed by atoms with Crippen LogP contribution in [0, 0.1) is 0 Å². The third-order valence-corrected chi connectivity index (χ3v) is 4.12. The van der Waals surface area contributed by atoms with Crippen LogP contribution in [0.25, 0.3) is 11.5 Å². The Bertz CT molecular complexity index is 669. The van der Waals surface area contributed by atoms with Crippen molar-refractivity contribution < 1.29 is 9.21 Å². The number of hydrogen-bond donors (Lipinski definition) is 3. The molecule has 0 spiro atoms. The van der Waals surface area contributed by atoms with Crippen molar-refractivity contribution in [2.24, 2.45) is 0 Å². The second-order valence-electron chi connectivity index (χ2n) is 7.62. The summed E-state index contributed by atoms with van der Waals surface area (Å²) >= 11 is 0. The van der Waals surface area contributed by atoms with Crippen LogP contribution in [0.1, 0.15) is 51.0 Å². The molecular formula is C17H24N4O2. The third-order valence-electron chi connectivity index (χ3n) is 4.12. The fourth-order valence-electron chi connectivity index (χ4n) is 3.68. The molecule has 6 nitrogen and oxygen atoms in total. The molecule has 0 aliphatic carbocycles. The predicted octanol–water partition coefficient (Wildman–Crippen LogP) is 2.71. The van der Waals surface area contributed by atoms with Gasteiger partial charge in [0.2, 0.25) is 0 Å². The summed E-state index contributed by atoms with van der Waals surface area (Å²) in [5.74, 6) is 0.512. The summed E-state index contributed by atoms with van der Waals surface area (Å²) in [7, 11) is 0. The second-order valence-corrected chi connectivity index (χ2v) is 7.62. The molecule has 1 aliphatic heterocycles. The number of amides is 1. The van der Waals surface area contributed by atoms with E-state index in [4.69, 9.17) is 4.42 Å². The average molecular weight is 316 g/mol. The number of carbonyl (C=O) groups is 1. The summed E-state index contributed by atoms with van der Waals surface area (Å²) in [6.45, 7) is 8.65. The quantitative estimate of drug-likeness (QED) is 0.813. The Hall–Kier alpha value is -2.08. The van der Waals surface area contributed by atoms with Gasteiger partial charge >= 0.3 is 0 Å². The molecule has 2 aromatic rings. The number of H-pyrrole nitrogens is 1. The van der Waals surface area contributed by atoms with Gasteiger partial charge in [-0.3, -0.25) is 9.89 Å². The van der Waals surface area contributed by atoms with Gasteiger partial charge in [-0.25, -0.2) is 0 Å². The largest absolute Gasteiger partial charge is 0.463 e. The smallest absolute Gasteiger partial charge is 0.272 e. The van der Waals surface area contributed by atoms with Gasteiger partial charge in [0.25, 0.3) is 5.91 Å². The summed E-state index contributed by atoms with van der Waals surface area (Å²) in [5.41, 5.74) is 1.06. The van der Waals surface area contributed by atoms with E-state index in [0.717, 1.165) is 12.8 Å². The van der Waals surface area contributed by atoms with Crippen molar-refractivity contribution in [1.29, 1.82) is 0 Å². The highest BCUT2D eigenvalue weighted by molar-refractivity contribution is 5.93. The van der Waals surface area contributed by atoms with E-state index in [-0.39, 0.29) is 23.0 Å². The van der Waals surface area contributed by atoms with Crippen molar-refractivity contribution in [2.75, 3.05) is 0 Å². The van der Waals surface area contributed by atoms with Gasteiger partial charge in [-0.15, -0.1) is 0 Å². The topological polar surface area (TPSA) is 83.0 Å². The van der Waals surface area contributed by atoms with Crippen LogP contribution >= 0.6 is 0 Å². The van der Waals surface area contributed by atoms with Gasteiger partial charge in [0.05, 0.1) is 6.26 Å². The first-order valence-electron chi connectivity index (χ1n) is 7.94. The molecule has 6 heteroatoms. The zero-order valence-electron chi connectivity index (χ0n) is 14.1. The van der Waals surface area contributed by atoms with Crippen LogP contribution in [0.3, 0.4) is 0 Å². The van der Waals surface area contributed by atoms with E-state index in [0.29, 0.717) is 17.1 Å². The van der Waals surface area contributed by atoms with Crippen LogP contribution in [0.2, 0.25) is 0 Å². The maximum absolute atomic E-state index is 12.5. The Morgan fingerprint density at radius 3 is 2.61 bits per heavy atom. The summed E-state index contributed by atoms with van der Waals surface area (Å²) < 4.78 is 5.31. The van der Waals surface area contributed by atoms with Crippen molar-refractivity contribution in [1.82, 2.24) is 20.8 Å². The molecule has 1 fully saturated rings. The standard InChI is InChI=1S/C17H24N4O2/c1-16(2)9-11(10-17(3,4)21-16)18-15(22)13-8-12(19-20-13)14-6-5-7-23-14/h5-8,11,21H,9-10H2,1-4H3,(H,18,22)(H,19,20). The van der Waals surface area contributed by atoms with Crippen molar-refractivity contribution in [3.8, 4) is 11.5 Å². The molecule has 3 heterocycles. The second kappa shape index (κ2) is 5.53. The summed E-state index contributed by atoms with van der Waals surface area (Å²) in [4.78, 5) is 12.5. The van der Waals surface area contributed by atoms with E-state index in [9.17, 15) is 4.79 Å². The van der Waals surface area contributed by atoms with Gasteiger partial charge in [-0.1, -0.05) is 0 Å². The number of nitrogens with one attached hydrogen (secondary N) is 3. The lowest BCUT2D eigenvalue weighted by Crippen LogP contribution is -2.62. The van der Waals surface area contributed by atoms with Crippen LogP contribution in [-0.2, 0) is 0 Å². The van der Waals surface area contributed by atoms with E-state index >= 15 is 0 Å². The normalized spacial score (nSPS) is 20.3. The summed E-state index contributed by atoms with van der Waals surface area (Å²) in [5, 5.41) is 13.7. The Morgan fingerprint density at radius 2 is 2.00 bits per heavy atom. The van der Waals surface area contributed by atoms with Crippen molar-refractivity contribution in [2.45, 2.75) is 57.7 Å².